The van der Waals surface area contributed by atoms with Crippen LogP contribution in [0.5, 0.6) is 0 Å². The number of aryl methyl sites for hydroxylation is 1. The zero-order valence-electron chi connectivity index (χ0n) is 14.6. The maximum atomic E-state index is 12.5. The van der Waals surface area contributed by atoms with E-state index in [0.717, 1.165) is 5.56 Å². The quantitative estimate of drug-likeness (QED) is 0.831. The summed E-state index contributed by atoms with van der Waals surface area (Å²) in [7, 11) is 0. The zero-order valence-corrected chi connectivity index (χ0v) is 15.3. The zero-order chi connectivity index (χ0) is 18.8. The fraction of sp³-hybridized carbons (Fsp3) is 0.250. The number of nitrogens with one attached hydrogen (secondary N) is 1. The van der Waals surface area contributed by atoms with Gasteiger partial charge >= 0.3 is 0 Å². The smallest absolute Gasteiger partial charge is 0.229 e. The molecule has 1 fully saturated rings. The Morgan fingerprint density at radius 3 is 2.65 bits per heavy atom. The van der Waals surface area contributed by atoms with E-state index in [0.29, 0.717) is 28.5 Å². The van der Waals surface area contributed by atoms with E-state index in [1.54, 1.807) is 35.2 Å². The molecule has 2 amide bonds. The number of anilines is 2. The highest BCUT2D eigenvalue weighted by Crippen LogP contribution is 2.29. The Bertz CT molecular complexity index is 894. The van der Waals surface area contributed by atoms with Crippen molar-refractivity contribution >= 4 is 40.6 Å². The largest absolute Gasteiger partial charge is 0.326 e. The molecule has 2 aromatic carbocycles. The van der Waals surface area contributed by atoms with E-state index in [1.807, 2.05) is 19.1 Å². The van der Waals surface area contributed by atoms with E-state index in [9.17, 15) is 14.4 Å². The molecule has 134 valence electrons. The van der Waals surface area contributed by atoms with Crippen LogP contribution in [0.15, 0.2) is 42.5 Å². The molecule has 5 nitrogen and oxygen atoms in total. The van der Waals surface area contributed by atoms with Crippen LogP contribution in [-0.4, -0.2) is 24.1 Å². The molecule has 0 saturated carbocycles. The summed E-state index contributed by atoms with van der Waals surface area (Å²) in [5.74, 6) is -0.870. The number of benzene rings is 2. The van der Waals surface area contributed by atoms with Gasteiger partial charge in [0.1, 0.15) is 0 Å². The van der Waals surface area contributed by atoms with Gasteiger partial charge in [-0.2, -0.15) is 0 Å². The van der Waals surface area contributed by atoms with Gasteiger partial charge in [-0.3, -0.25) is 14.4 Å². The van der Waals surface area contributed by atoms with Crippen LogP contribution >= 0.6 is 11.6 Å². The predicted octanol–water partition coefficient (Wildman–Crippen LogP) is 3.84. The molecule has 1 aliphatic rings. The van der Waals surface area contributed by atoms with E-state index in [1.165, 1.54) is 6.92 Å². The Kier molecular flexibility index (Phi) is 5.09. The first-order chi connectivity index (χ1) is 12.3. The molecule has 1 saturated heterocycles. The van der Waals surface area contributed by atoms with Crippen molar-refractivity contribution in [1.82, 2.24) is 0 Å². The molecule has 2 aromatic rings. The number of amides is 2. The van der Waals surface area contributed by atoms with Crippen LogP contribution < -0.4 is 10.2 Å². The summed E-state index contributed by atoms with van der Waals surface area (Å²) >= 11 is 6.14. The standard InChI is InChI=1S/C20H19ClN2O3/c1-12-6-7-17(10-18(12)21)23-11-15(9-19(23)25)20(26)22-16-5-3-4-14(8-16)13(2)24/h3-8,10,15H,9,11H2,1-2H3,(H,22,26). The van der Waals surface area contributed by atoms with Crippen LogP contribution in [0, 0.1) is 12.8 Å². The van der Waals surface area contributed by atoms with Gasteiger partial charge < -0.3 is 10.2 Å². The van der Waals surface area contributed by atoms with Gasteiger partial charge in [0, 0.05) is 34.9 Å². The van der Waals surface area contributed by atoms with Crippen molar-refractivity contribution in [2.24, 2.45) is 5.92 Å². The van der Waals surface area contributed by atoms with Gasteiger partial charge in [0.2, 0.25) is 11.8 Å². The van der Waals surface area contributed by atoms with Gasteiger partial charge in [0.05, 0.1) is 5.92 Å². The molecule has 1 unspecified atom stereocenters. The average molecular weight is 371 g/mol. The van der Waals surface area contributed by atoms with Gasteiger partial charge in [-0.05, 0) is 43.7 Å². The Hall–Kier alpha value is -2.66. The molecule has 0 radical (unpaired) electrons. The van der Waals surface area contributed by atoms with Gasteiger partial charge in [0.25, 0.3) is 0 Å². The lowest BCUT2D eigenvalue weighted by Gasteiger charge is -2.17. The predicted molar refractivity (Wildman–Crippen MR) is 102 cm³/mol. The second kappa shape index (κ2) is 7.30. The van der Waals surface area contributed by atoms with Gasteiger partial charge in [-0.1, -0.05) is 29.8 Å². The lowest BCUT2D eigenvalue weighted by molar-refractivity contribution is -0.122. The lowest BCUT2D eigenvalue weighted by Crippen LogP contribution is -2.28. The molecule has 0 bridgehead atoms. The maximum Gasteiger partial charge on any atom is 0.229 e. The summed E-state index contributed by atoms with van der Waals surface area (Å²) in [5.41, 5.74) is 2.70. The van der Waals surface area contributed by atoms with Crippen molar-refractivity contribution in [3.63, 3.8) is 0 Å². The number of hydrogen-bond acceptors (Lipinski definition) is 3. The Morgan fingerprint density at radius 2 is 1.96 bits per heavy atom. The molecule has 1 heterocycles. The number of nitrogens with zero attached hydrogens (tertiary/aromatic N) is 1. The maximum absolute atomic E-state index is 12.5. The first-order valence-corrected chi connectivity index (χ1v) is 8.71. The summed E-state index contributed by atoms with van der Waals surface area (Å²) in [6.45, 7) is 3.67. The molecule has 0 spiro atoms. The van der Waals surface area contributed by atoms with E-state index in [2.05, 4.69) is 5.32 Å². The van der Waals surface area contributed by atoms with E-state index in [4.69, 9.17) is 11.6 Å². The molecule has 26 heavy (non-hydrogen) atoms. The fourth-order valence-corrected chi connectivity index (χ4v) is 3.12. The summed E-state index contributed by atoms with van der Waals surface area (Å²) in [5, 5.41) is 3.38. The SMILES string of the molecule is CC(=O)c1cccc(NC(=O)C2CC(=O)N(c3ccc(C)c(Cl)c3)C2)c1. The number of rotatable bonds is 4. The first-order valence-electron chi connectivity index (χ1n) is 8.33. The highest BCUT2D eigenvalue weighted by molar-refractivity contribution is 6.31. The molecule has 6 heteroatoms. The molecule has 1 aliphatic heterocycles. The molecule has 1 atom stereocenters. The molecular formula is C20H19ClN2O3. The second-order valence-corrected chi connectivity index (χ2v) is 6.87. The van der Waals surface area contributed by atoms with Gasteiger partial charge in [0.15, 0.2) is 5.78 Å². The minimum Gasteiger partial charge on any atom is -0.326 e. The second-order valence-electron chi connectivity index (χ2n) is 6.47. The number of hydrogen-bond donors (Lipinski definition) is 1. The molecule has 3 rings (SSSR count). The summed E-state index contributed by atoms with van der Waals surface area (Å²) in [6, 6.07) is 12.2. The van der Waals surface area contributed by atoms with Crippen molar-refractivity contribution in [2.75, 3.05) is 16.8 Å². The van der Waals surface area contributed by atoms with Gasteiger partial charge in [-0.25, -0.2) is 0 Å². The molecule has 1 N–H and O–H groups in total. The van der Waals surface area contributed by atoms with Crippen LogP contribution in [0.25, 0.3) is 0 Å². The Morgan fingerprint density at radius 1 is 1.19 bits per heavy atom. The summed E-state index contributed by atoms with van der Waals surface area (Å²) < 4.78 is 0. The van der Waals surface area contributed by atoms with Crippen LogP contribution in [0.3, 0.4) is 0 Å². The van der Waals surface area contributed by atoms with Crippen LogP contribution in [0.4, 0.5) is 11.4 Å². The molecular weight excluding hydrogens is 352 g/mol. The number of Topliss-reactive ketones (excluding diaryl/α,β-unsaturated/α-hetero) is 1. The number of halogens is 1. The fourth-order valence-electron chi connectivity index (χ4n) is 2.94. The van der Waals surface area contributed by atoms with Crippen molar-refractivity contribution in [3.05, 3.63) is 58.6 Å². The Labute approximate surface area is 156 Å². The van der Waals surface area contributed by atoms with Crippen LogP contribution in [0.2, 0.25) is 5.02 Å². The third-order valence-corrected chi connectivity index (χ3v) is 4.91. The lowest BCUT2D eigenvalue weighted by atomic mass is 10.1. The first kappa shape index (κ1) is 18.1. The summed E-state index contributed by atoms with van der Waals surface area (Å²) in [6.07, 6.45) is 0.143. The van der Waals surface area contributed by atoms with E-state index < -0.39 is 5.92 Å². The number of carbonyl (C=O) groups excluding carboxylic acids is 3. The third kappa shape index (κ3) is 3.78. The third-order valence-electron chi connectivity index (χ3n) is 4.50. The van der Waals surface area contributed by atoms with Crippen LogP contribution in [-0.2, 0) is 9.59 Å². The minimum absolute atomic E-state index is 0.0698. The van der Waals surface area contributed by atoms with Gasteiger partial charge in [-0.15, -0.1) is 0 Å². The van der Waals surface area contributed by atoms with Crippen molar-refractivity contribution in [1.29, 1.82) is 0 Å². The minimum atomic E-state index is -0.455. The molecule has 0 aromatic heterocycles. The monoisotopic (exact) mass is 370 g/mol. The highest BCUT2D eigenvalue weighted by Gasteiger charge is 2.35. The number of ketones is 1. The van der Waals surface area contributed by atoms with Crippen LogP contribution in [0.1, 0.15) is 29.3 Å². The highest BCUT2D eigenvalue weighted by atomic mass is 35.5. The van der Waals surface area contributed by atoms with Crippen molar-refractivity contribution in [3.8, 4) is 0 Å². The van der Waals surface area contributed by atoms with Crippen molar-refractivity contribution < 1.29 is 14.4 Å². The summed E-state index contributed by atoms with van der Waals surface area (Å²) in [4.78, 5) is 37.9. The van der Waals surface area contributed by atoms with Crippen molar-refractivity contribution in [2.45, 2.75) is 20.3 Å². The van der Waals surface area contributed by atoms with E-state index >= 15 is 0 Å². The average Bonchev–Trinajstić information content (AvgIpc) is 2.99. The topological polar surface area (TPSA) is 66.5 Å². The number of carbonyl (C=O) groups is 3. The van der Waals surface area contributed by atoms with E-state index in [-0.39, 0.29) is 24.0 Å². The Balaban J connectivity index is 1.71. The normalized spacial score (nSPS) is 16.7. The molecule has 0 aliphatic carbocycles.